The minimum Gasteiger partial charge on any atom is -0.371 e. The van der Waals surface area contributed by atoms with E-state index in [1.807, 2.05) is 18.7 Å². The molecular formula is C20H31F3N2O. The second-order valence-corrected chi connectivity index (χ2v) is 6.50. The van der Waals surface area contributed by atoms with Gasteiger partial charge in [-0.1, -0.05) is 27.7 Å². The minimum atomic E-state index is -4.87. The van der Waals surface area contributed by atoms with Gasteiger partial charge in [0.05, 0.1) is 5.56 Å². The van der Waals surface area contributed by atoms with E-state index in [-0.39, 0.29) is 5.56 Å². The summed E-state index contributed by atoms with van der Waals surface area (Å²) in [5.74, 6) is -1.77. The molecule has 26 heavy (non-hydrogen) atoms. The summed E-state index contributed by atoms with van der Waals surface area (Å²) in [4.78, 5) is 16.0. The standard InChI is InChI=1S/C20H31F3N2O/c1-5-11-24(12-6-2)16-9-10-17(19(26)20(21,22)23)18(15-16)25(13-7-3)14-8-4/h9-10,15H,5-8,11-14H2,1-4H3. The molecule has 0 aromatic heterocycles. The van der Waals surface area contributed by atoms with Crippen LogP contribution in [0, 0.1) is 0 Å². The van der Waals surface area contributed by atoms with Crippen molar-refractivity contribution in [3.05, 3.63) is 23.8 Å². The molecule has 0 N–H and O–H groups in total. The monoisotopic (exact) mass is 372 g/mol. The normalized spacial score (nSPS) is 11.5. The summed E-state index contributed by atoms with van der Waals surface area (Å²) >= 11 is 0. The topological polar surface area (TPSA) is 23.6 Å². The van der Waals surface area contributed by atoms with Gasteiger partial charge in [0, 0.05) is 37.6 Å². The number of ketones is 1. The molecule has 0 bridgehead atoms. The molecule has 0 atom stereocenters. The number of nitrogens with zero attached hydrogens (tertiary/aromatic N) is 2. The molecule has 0 saturated carbocycles. The fraction of sp³-hybridized carbons (Fsp3) is 0.650. The number of hydrogen-bond acceptors (Lipinski definition) is 3. The van der Waals surface area contributed by atoms with Crippen LogP contribution in [0.5, 0.6) is 0 Å². The maximum absolute atomic E-state index is 13.1. The Balaban J connectivity index is 3.44. The maximum atomic E-state index is 13.1. The average molecular weight is 372 g/mol. The largest absolute Gasteiger partial charge is 0.454 e. The van der Waals surface area contributed by atoms with Crippen LogP contribution in [0.25, 0.3) is 0 Å². The summed E-state index contributed by atoms with van der Waals surface area (Å²) in [5, 5.41) is 0. The highest BCUT2D eigenvalue weighted by Gasteiger charge is 2.41. The Morgan fingerprint density at radius 2 is 1.31 bits per heavy atom. The fourth-order valence-corrected chi connectivity index (χ4v) is 3.13. The SMILES string of the molecule is CCCN(CCC)c1ccc(C(=O)C(F)(F)F)c(N(CCC)CCC)c1. The van der Waals surface area contributed by atoms with E-state index < -0.39 is 12.0 Å². The van der Waals surface area contributed by atoms with Crippen molar-refractivity contribution < 1.29 is 18.0 Å². The summed E-state index contributed by atoms with van der Waals surface area (Å²) in [6, 6.07) is 4.75. The third-order valence-corrected chi connectivity index (χ3v) is 4.16. The van der Waals surface area contributed by atoms with Gasteiger partial charge < -0.3 is 9.80 Å². The summed E-state index contributed by atoms with van der Waals surface area (Å²) in [6.45, 7) is 11.0. The van der Waals surface area contributed by atoms with Gasteiger partial charge in [-0.25, -0.2) is 0 Å². The van der Waals surface area contributed by atoms with E-state index in [1.165, 1.54) is 6.07 Å². The van der Waals surface area contributed by atoms with Crippen molar-refractivity contribution in [1.82, 2.24) is 0 Å². The third-order valence-electron chi connectivity index (χ3n) is 4.16. The Morgan fingerprint density at radius 1 is 0.846 bits per heavy atom. The number of rotatable bonds is 11. The number of Topliss-reactive ketones (excluding diaryl/α,β-unsaturated/α-hetero) is 1. The number of benzene rings is 1. The predicted molar refractivity (Wildman–Crippen MR) is 102 cm³/mol. The Hall–Kier alpha value is -1.72. The highest BCUT2D eigenvalue weighted by molar-refractivity contribution is 6.05. The number of alkyl halides is 3. The van der Waals surface area contributed by atoms with Crippen molar-refractivity contribution in [1.29, 1.82) is 0 Å². The van der Waals surface area contributed by atoms with E-state index in [0.29, 0.717) is 18.8 Å². The molecule has 0 heterocycles. The number of hydrogen-bond donors (Lipinski definition) is 0. The van der Waals surface area contributed by atoms with Crippen LogP contribution in [0.4, 0.5) is 24.5 Å². The smallest absolute Gasteiger partial charge is 0.371 e. The van der Waals surface area contributed by atoms with Gasteiger partial charge in [0.1, 0.15) is 0 Å². The van der Waals surface area contributed by atoms with E-state index in [4.69, 9.17) is 0 Å². The molecular weight excluding hydrogens is 341 g/mol. The third kappa shape index (κ3) is 5.92. The molecule has 148 valence electrons. The summed E-state index contributed by atoms with van der Waals surface area (Å²) < 4.78 is 39.2. The van der Waals surface area contributed by atoms with Crippen LogP contribution in [0.2, 0.25) is 0 Å². The summed E-state index contributed by atoms with van der Waals surface area (Å²) in [6.07, 6.45) is -1.36. The minimum absolute atomic E-state index is 0.254. The first kappa shape index (κ1) is 22.3. The van der Waals surface area contributed by atoms with Gasteiger partial charge in [-0.05, 0) is 43.9 Å². The Bertz CT molecular complexity index is 561. The van der Waals surface area contributed by atoms with Crippen LogP contribution in [0.3, 0.4) is 0 Å². The second kappa shape index (κ2) is 10.4. The van der Waals surface area contributed by atoms with E-state index in [1.54, 1.807) is 12.1 Å². The van der Waals surface area contributed by atoms with Gasteiger partial charge >= 0.3 is 6.18 Å². The molecule has 1 aromatic rings. The Kier molecular flexibility index (Phi) is 8.96. The van der Waals surface area contributed by atoms with Crippen LogP contribution < -0.4 is 9.80 Å². The van der Waals surface area contributed by atoms with E-state index in [2.05, 4.69) is 18.7 Å². The van der Waals surface area contributed by atoms with E-state index in [9.17, 15) is 18.0 Å². The molecule has 0 unspecified atom stereocenters. The van der Waals surface area contributed by atoms with Crippen molar-refractivity contribution in [2.24, 2.45) is 0 Å². The molecule has 0 saturated heterocycles. The summed E-state index contributed by atoms with van der Waals surface area (Å²) in [5.41, 5.74) is 1.02. The molecule has 0 amide bonds. The number of carbonyl (C=O) groups excluding carboxylic acids is 1. The van der Waals surface area contributed by atoms with Crippen molar-refractivity contribution in [2.75, 3.05) is 36.0 Å². The van der Waals surface area contributed by atoms with Crippen LogP contribution >= 0.6 is 0 Å². The first-order valence-corrected chi connectivity index (χ1v) is 9.55. The molecule has 6 heteroatoms. The van der Waals surface area contributed by atoms with Gasteiger partial charge in [-0.2, -0.15) is 13.2 Å². The molecule has 1 rings (SSSR count). The van der Waals surface area contributed by atoms with Crippen LogP contribution in [-0.2, 0) is 0 Å². The quantitative estimate of drug-likeness (QED) is 0.467. The lowest BCUT2D eigenvalue weighted by Gasteiger charge is -2.30. The average Bonchev–Trinajstić information content (AvgIpc) is 2.59. The van der Waals surface area contributed by atoms with E-state index in [0.717, 1.165) is 44.5 Å². The fourth-order valence-electron chi connectivity index (χ4n) is 3.13. The van der Waals surface area contributed by atoms with Crippen LogP contribution in [0.1, 0.15) is 63.7 Å². The molecule has 0 aliphatic heterocycles. The lowest BCUT2D eigenvalue weighted by atomic mass is 10.0. The van der Waals surface area contributed by atoms with Gasteiger partial charge in [0.2, 0.25) is 0 Å². The second-order valence-electron chi connectivity index (χ2n) is 6.50. The lowest BCUT2D eigenvalue weighted by molar-refractivity contribution is -0.0884. The molecule has 0 aliphatic carbocycles. The van der Waals surface area contributed by atoms with Crippen molar-refractivity contribution in [2.45, 2.75) is 59.6 Å². The lowest BCUT2D eigenvalue weighted by Crippen LogP contribution is -2.31. The molecule has 3 nitrogen and oxygen atoms in total. The predicted octanol–water partition coefficient (Wildman–Crippen LogP) is 5.68. The van der Waals surface area contributed by atoms with Crippen molar-refractivity contribution in [3.63, 3.8) is 0 Å². The van der Waals surface area contributed by atoms with Crippen LogP contribution in [0.15, 0.2) is 18.2 Å². The maximum Gasteiger partial charge on any atom is 0.454 e. The highest BCUT2D eigenvalue weighted by atomic mass is 19.4. The zero-order chi connectivity index (χ0) is 19.7. The molecule has 0 spiro atoms. The zero-order valence-electron chi connectivity index (χ0n) is 16.3. The molecule has 0 fully saturated rings. The first-order valence-electron chi connectivity index (χ1n) is 9.55. The van der Waals surface area contributed by atoms with Gasteiger partial charge in [0.15, 0.2) is 0 Å². The Labute approximate surface area is 155 Å². The van der Waals surface area contributed by atoms with Crippen molar-refractivity contribution >= 4 is 17.2 Å². The van der Waals surface area contributed by atoms with Gasteiger partial charge in [-0.3, -0.25) is 4.79 Å². The number of carbonyl (C=O) groups is 1. The van der Waals surface area contributed by atoms with Crippen LogP contribution in [-0.4, -0.2) is 38.1 Å². The molecule has 1 aromatic carbocycles. The Morgan fingerprint density at radius 3 is 1.73 bits per heavy atom. The molecule has 0 aliphatic rings. The van der Waals surface area contributed by atoms with Crippen molar-refractivity contribution in [3.8, 4) is 0 Å². The number of anilines is 2. The molecule has 0 radical (unpaired) electrons. The zero-order valence-corrected chi connectivity index (χ0v) is 16.3. The summed E-state index contributed by atoms with van der Waals surface area (Å²) in [7, 11) is 0. The highest BCUT2D eigenvalue weighted by Crippen LogP contribution is 2.32. The van der Waals surface area contributed by atoms with Gasteiger partial charge in [-0.15, -0.1) is 0 Å². The number of halogens is 3. The van der Waals surface area contributed by atoms with Gasteiger partial charge in [0.25, 0.3) is 5.78 Å². The first-order chi connectivity index (χ1) is 12.3. The van der Waals surface area contributed by atoms with E-state index >= 15 is 0 Å².